The molecule has 184 valence electrons. The molecule has 0 saturated carbocycles. The molecule has 0 N–H and O–H groups in total. The second-order valence-electron chi connectivity index (χ2n) is 8.80. The topological polar surface area (TPSA) is 71.9 Å². The number of alkyl halides is 3. The second-order valence-corrected chi connectivity index (χ2v) is 8.80. The summed E-state index contributed by atoms with van der Waals surface area (Å²) in [4.78, 5) is 31.5. The summed E-state index contributed by atoms with van der Waals surface area (Å²) >= 11 is 0. The van der Waals surface area contributed by atoms with Gasteiger partial charge < -0.3 is 4.90 Å². The molecule has 1 fully saturated rings. The number of benzene rings is 1. The molecule has 0 unspecified atom stereocenters. The summed E-state index contributed by atoms with van der Waals surface area (Å²) in [7, 11) is 0. The fraction of sp³-hybridized carbons (Fsp3) is 0.400. The molecule has 6 nitrogen and oxygen atoms in total. The van der Waals surface area contributed by atoms with Crippen LogP contribution in [0.4, 0.5) is 17.6 Å². The van der Waals surface area contributed by atoms with E-state index in [1.165, 1.54) is 12.4 Å². The van der Waals surface area contributed by atoms with Gasteiger partial charge in [0.25, 0.3) is 5.91 Å². The molecule has 0 aliphatic carbocycles. The first-order valence-corrected chi connectivity index (χ1v) is 11.4. The Morgan fingerprint density at radius 1 is 1.11 bits per heavy atom. The SMILES string of the molecule is Cc1ccc(C(=O)N2CCC[C@@H](C)[C@H]2CCc2ncc(C(F)(F)F)cn2)c(-c2ncccn2)c1F. The lowest BCUT2D eigenvalue weighted by Gasteiger charge is -2.40. The van der Waals surface area contributed by atoms with Crippen molar-refractivity contribution in [2.75, 3.05) is 6.54 Å². The van der Waals surface area contributed by atoms with Gasteiger partial charge in [0.05, 0.1) is 16.7 Å². The lowest BCUT2D eigenvalue weighted by Crippen LogP contribution is -2.48. The van der Waals surface area contributed by atoms with Crippen molar-refractivity contribution >= 4 is 5.91 Å². The number of carbonyl (C=O) groups is 1. The number of hydrogen-bond donors (Lipinski definition) is 0. The number of nitrogens with zero attached hydrogens (tertiary/aromatic N) is 5. The van der Waals surface area contributed by atoms with Crippen LogP contribution < -0.4 is 0 Å². The molecule has 35 heavy (non-hydrogen) atoms. The van der Waals surface area contributed by atoms with E-state index in [0.717, 1.165) is 25.2 Å². The summed E-state index contributed by atoms with van der Waals surface area (Å²) in [6.45, 7) is 4.15. The van der Waals surface area contributed by atoms with Gasteiger partial charge in [0.15, 0.2) is 5.82 Å². The molecule has 0 radical (unpaired) electrons. The molecule has 10 heteroatoms. The average Bonchev–Trinajstić information content (AvgIpc) is 2.84. The summed E-state index contributed by atoms with van der Waals surface area (Å²) in [5.74, 6) is -0.299. The molecule has 2 atom stereocenters. The van der Waals surface area contributed by atoms with E-state index in [4.69, 9.17) is 0 Å². The standard InChI is InChI=1S/C25H25F4N5O/c1-15-5-3-12-34(19(15)8-9-20-32-13-17(14-33-20)25(27,28)29)24(35)18-7-6-16(2)22(26)21(18)23-30-10-4-11-31-23/h4,6-7,10-11,13-15,19H,3,5,8-9,12H2,1-2H3/t15-,19-/m1/s1. The lowest BCUT2D eigenvalue weighted by atomic mass is 9.86. The van der Waals surface area contributed by atoms with Crippen molar-refractivity contribution in [3.05, 3.63) is 71.3 Å². The number of hydrogen-bond acceptors (Lipinski definition) is 5. The Morgan fingerprint density at radius 2 is 1.80 bits per heavy atom. The normalized spacial score (nSPS) is 18.5. The minimum Gasteiger partial charge on any atom is -0.335 e. The minimum atomic E-state index is -4.50. The van der Waals surface area contributed by atoms with E-state index in [0.29, 0.717) is 24.9 Å². The van der Waals surface area contributed by atoms with Gasteiger partial charge in [-0.15, -0.1) is 0 Å². The molecule has 3 aromatic rings. The van der Waals surface area contributed by atoms with Gasteiger partial charge in [-0.1, -0.05) is 13.0 Å². The quantitative estimate of drug-likeness (QED) is 0.459. The van der Waals surface area contributed by atoms with Crippen LogP contribution in [-0.2, 0) is 12.6 Å². The number of halogens is 4. The third-order valence-corrected chi connectivity index (χ3v) is 6.43. The summed E-state index contributed by atoms with van der Waals surface area (Å²) in [6, 6.07) is 4.58. The monoisotopic (exact) mass is 487 g/mol. The van der Waals surface area contributed by atoms with E-state index in [1.54, 1.807) is 30.0 Å². The van der Waals surface area contributed by atoms with Gasteiger partial charge in [-0.2, -0.15) is 13.2 Å². The van der Waals surface area contributed by atoms with E-state index >= 15 is 4.39 Å². The van der Waals surface area contributed by atoms with Crippen molar-refractivity contribution in [3.8, 4) is 11.4 Å². The van der Waals surface area contributed by atoms with E-state index < -0.39 is 17.6 Å². The number of piperidine rings is 1. The predicted molar refractivity (Wildman–Crippen MR) is 121 cm³/mol. The smallest absolute Gasteiger partial charge is 0.335 e. The van der Waals surface area contributed by atoms with Crippen LogP contribution in [0.2, 0.25) is 0 Å². The van der Waals surface area contributed by atoms with Gasteiger partial charge in [-0.3, -0.25) is 4.79 Å². The molecule has 0 bridgehead atoms. The Hall–Kier alpha value is -3.43. The van der Waals surface area contributed by atoms with Crippen molar-refractivity contribution in [1.29, 1.82) is 0 Å². The summed E-state index contributed by atoms with van der Waals surface area (Å²) in [5.41, 5.74) is -0.268. The van der Waals surface area contributed by atoms with Crippen LogP contribution in [0.25, 0.3) is 11.4 Å². The highest BCUT2D eigenvalue weighted by atomic mass is 19.4. The summed E-state index contributed by atoms with van der Waals surface area (Å²) in [5, 5.41) is 0. The molecule has 1 aliphatic rings. The van der Waals surface area contributed by atoms with E-state index in [1.807, 2.05) is 6.92 Å². The third kappa shape index (κ3) is 5.31. The maximum atomic E-state index is 15.2. The van der Waals surface area contributed by atoms with Gasteiger partial charge in [-0.25, -0.2) is 24.3 Å². The number of aromatic nitrogens is 4. The van der Waals surface area contributed by atoms with Crippen molar-refractivity contribution in [2.45, 2.75) is 51.7 Å². The fourth-order valence-corrected chi connectivity index (χ4v) is 4.51. The number of rotatable bonds is 5. The Labute approximate surface area is 200 Å². The van der Waals surface area contributed by atoms with E-state index in [-0.39, 0.29) is 40.6 Å². The van der Waals surface area contributed by atoms with Gasteiger partial charge >= 0.3 is 6.18 Å². The highest BCUT2D eigenvalue weighted by Crippen LogP contribution is 2.32. The molecule has 0 spiro atoms. The van der Waals surface area contributed by atoms with Crippen LogP contribution in [0, 0.1) is 18.7 Å². The molecule has 3 heterocycles. The summed E-state index contributed by atoms with van der Waals surface area (Å²) < 4.78 is 53.6. The molecule has 1 aromatic carbocycles. The van der Waals surface area contributed by atoms with Gasteiger partial charge in [0.2, 0.25) is 0 Å². The largest absolute Gasteiger partial charge is 0.419 e. The molecule has 4 rings (SSSR count). The highest BCUT2D eigenvalue weighted by Gasteiger charge is 2.35. The average molecular weight is 488 g/mol. The zero-order valence-corrected chi connectivity index (χ0v) is 19.4. The first-order chi connectivity index (χ1) is 16.7. The van der Waals surface area contributed by atoms with Crippen LogP contribution in [-0.4, -0.2) is 43.3 Å². The van der Waals surface area contributed by atoms with Crippen LogP contribution in [0.5, 0.6) is 0 Å². The first kappa shape index (κ1) is 24.7. The summed E-state index contributed by atoms with van der Waals surface area (Å²) in [6.07, 6.45) is 2.53. The highest BCUT2D eigenvalue weighted by molar-refractivity contribution is 6.00. The van der Waals surface area contributed by atoms with E-state index in [9.17, 15) is 18.0 Å². The Bertz CT molecular complexity index is 1180. The lowest BCUT2D eigenvalue weighted by molar-refractivity contribution is -0.138. The zero-order chi connectivity index (χ0) is 25.2. The zero-order valence-electron chi connectivity index (χ0n) is 19.4. The fourth-order valence-electron chi connectivity index (χ4n) is 4.51. The number of likely N-dealkylation sites (tertiary alicyclic amines) is 1. The third-order valence-electron chi connectivity index (χ3n) is 6.43. The molecule has 1 amide bonds. The molecule has 2 aromatic heterocycles. The van der Waals surface area contributed by atoms with Crippen LogP contribution in [0.15, 0.2) is 43.0 Å². The van der Waals surface area contributed by atoms with Crippen LogP contribution >= 0.6 is 0 Å². The van der Waals surface area contributed by atoms with Crippen LogP contribution in [0.3, 0.4) is 0 Å². The van der Waals surface area contributed by atoms with Crippen molar-refractivity contribution in [1.82, 2.24) is 24.8 Å². The molecule has 1 aliphatic heterocycles. The minimum absolute atomic E-state index is 0.0682. The molecule has 1 saturated heterocycles. The maximum Gasteiger partial charge on any atom is 0.419 e. The van der Waals surface area contributed by atoms with Gasteiger partial charge in [-0.05, 0) is 49.8 Å². The number of aryl methyl sites for hydroxylation is 2. The van der Waals surface area contributed by atoms with Crippen LogP contribution in [0.1, 0.15) is 53.5 Å². The predicted octanol–water partition coefficient (Wildman–Crippen LogP) is 5.27. The first-order valence-electron chi connectivity index (χ1n) is 11.4. The number of amides is 1. The maximum absolute atomic E-state index is 15.2. The molecular weight excluding hydrogens is 462 g/mol. The Morgan fingerprint density at radius 3 is 2.46 bits per heavy atom. The number of carbonyl (C=O) groups excluding carboxylic acids is 1. The molecular formula is C25H25F4N5O. The van der Waals surface area contributed by atoms with Crippen molar-refractivity contribution in [3.63, 3.8) is 0 Å². The second kappa shape index (κ2) is 10.1. The van der Waals surface area contributed by atoms with E-state index in [2.05, 4.69) is 19.9 Å². The Balaban J connectivity index is 1.60. The van der Waals surface area contributed by atoms with Gasteiger partial charge in [0.1, 0.15) is 11.6 Å². The van der Waals surface area contributed by atoms with Crippen molar-refractivity contribution in [2.24, 2.45) is 5.92 Å². The van der Waals surface area contributed by atoms with Crippen molar-refractivity contribution < 1.29 is 22.4 Å². The Kier molecular flexibility index (Phi) is 7.09. The van der Waals surface area contributed by atoms with Gasteiger partial charge in [0, 0.05) is 43.8 Å².